The van der Waals surface area contributed by atoms with E-state index in [9.17, 15) is 0 Å². The standard InChI is InChI=1S/C9H12IN3.ClH/c10-7-1-2-9(12-5-7)13-4-3-8(11)6-13;/h1-2,5,8H,3-4,6,11H2;1H/t8-;/m0./s1. The maximum atomic E-state index is 5.82. The van der Waals surface area contributed by atoms with Crippen LogP contribution in [0.15, 0.2) is 18.3 Å². The van der Waals surface area contributed by atoms with E-state index >= 15 is 0 Å². The third-order valence-corrected chi connectivity index (χ3v) is 2.90. The molecule has 1 aromatic rings. The van der Waals surface area contributed by atoms with Gasteiger partial charge in [-0.25, -0.2) is 4.98 Å². The smallest absolute Gasteiger partial charge is 0.128 e. The summed E-state index contributed by atoms with van der Waals surface area (Å²) in [6, 6.07) is 4.45. The summed E-state index contributed by atoms with van der Waals surface area (Å²) in [5.41, 5.74) is 5.82. The number of hydrogen-bond acceptors (Lipinski definition) is 3. The van der Waals surface area contributed by atoms with Gasteiger partial charge >= 0.3 is 0 Å². The molecule has 1 aliphatic heterocycles. The highest BCUT2D eigenvalue weighted by atomic mass is 127. The minimum Gasteiger partial charge on any atom is -0.355 e. The first kappa shape index (κ1) is 12.0. The molecule has 0 unspecified atom stereocenters. The van der Waals surface area contributed by atoms with Gasteiger partial charge in [-0.15, -0.1) is 12.4 Å². The molecule has 2 heterocycles. The Morgan fingerprint density at radius 3 is 2.79 bits per heavy atom. The Morgan fingerprint density at radius 1 is 1.50 bits per heavy atom. The van der Waals surface area contributed by atoms with E-state index in [1.54, 1.807) is 0 Å². The van der Waals surface area contributed by atoms with Crippen LogP contribution in [0.2, 0.25) is 0 Å². The van der Waals surface area contributed by atoms with Crippen molar-refractivity contribution in [1.29, 1.82) is 0 Å². The quantitative estimate of drug-likeness (QED) is 0.798. The maximum absolute atomic E-state index is 5.82. The summed E-state index contributed by atoms with van der Waals surface area (Å²) in [5.74, 6) is 1.05. The second kappa shape index (κ2) is 5.14. The molecule has 3 nitrogen and oxygen atoms in total. The van der Waals surface area contributed by atoms with Gasteiger partial charge in [0.15, 0.2) is 0 Å². The zero-order valence-electron chi connectivity index (χ0n) is 7.69. The largest absolute Gasteiger partial charge is 0.355 e. The van der Waals surface area contributed by atoms with Crippen LogP contribution in [0, 0.1) is 3.57 Å². The highest BCUT2D eigenvalue weighted by Crippen LogP contribution is 2.17. The van der Waals surface area contributed by atoms with Crippen LogP contribution in [-0.4, -0.2) is 24.1 Å². The number of hydrogen-bond donors (Lipinski definition) is 1. The van der Waals surface area contributed by atoms with Crippen LogP contribution in [0.4, 0.5) is 5.82 Å². The molecule has 14 heavy (non-hydrogen) atoms. The van der Waals surface area contributed by atoms with Crippen molar-refractivity contribution in [3.8, 4) is 0 Å². The maximum Gasteiger partial charge on any atom is 0.128 e. The molecule has 2 N–H and O–H groups in total. The van der Waals surface area contributed by atoms with Gasteiger partial charge in [-0.3, -0.25) is 0 Å². The minimum atomic E-state index is 0. The summed E-state index contributed by atoms with van der Waals surface area (Å²) in [6.45, 7) is 1.97. The van der Waals surface area contributed by atoms with Crippen LogP contribution >= 0.6 is 35.0 Å². The van der Waals surface area contributed by atoms with Crippen LogP contribution in [-0.2, 0) is 0 Å². The number of aromatic nitrogens is 1. The number of pyridine rings is 1. The Labute approximate surface area is 104 Å². The van der Waals surface area contributed by atoms with E-state index in [2.05, 4.69) is 44.6 Å². The van der Waals surface area contributed by atoms with Crippen molar-refractivity contribution in [2.45, 2.75) is 12.5 Å². The lowest BCUT2D eigenvalue weighted by atomic mass is 10.3. The van der Waals surface area contributed by atoms with Crippen molar-refractivity contribution in [2.24, 2.45) is 5.73 Å². The Balaban J connectivity index is 0.000000980. The highest BCUT2D eigenvalue weighted by molar-refractivity contribution is 14.1. The van der Waals surface area contributed by atoms with Gasteiger partial charge in [0.05, 0.1) is 0 Å². The minimum absolute atomic E-state index is 0. The molecule has 1 atom stereocenters. The number of anilines is 1. The second-order valence-electron chi connectivity index (χ2n) is 3.33. The molecule has 0 aliphatic carbocycles. The van der Waals surface area contributed by atoms with Crippen LogP contribution in [0.25, 0.3) is 0 Å². The number of halogens is 2. The van der Waals surface area contributed by atoms with E-state index in [0.717, 1.165) is 25.3 Å². The van der Waals surface area contributed by atoms with E-state index in [4.69, 9.17) is 5.73 Å². The molecule has 0 saturated carbocycles. The zero-order chi connectivity index (χ0) is 9.26. The Hall–Kier alpha value is -0.0700. The molecule has 78 valence electrons. The molecule has 0 radical (unpaired) electrons. The normalized spacial score (nSPS) is 20.7. The van der Waals surface area contributed by atoms with E-state index in [1.807, 2.05) is 6.20 Å². The number of rotatable bonds is 1. The van der Waals surface area contributed by atoms with Gasteiger partial charge in [0, 0.05) is 28.9 Å². The van der Waals surface area contributed by atoms with Gasteiger partial charge in [0.1, 0.15) is 5.82 Å². The summed E-state index contributed by atoms with van der Waals surface area (Å²) in [6.07, 6.45) is 2.97. The van der Waals surface area contributed by atoms with E-state index in [0.29, 0.717) is 6.04 Å². The third kappa shape index (κ3) is 2.71. The van der Waals surface area contributed by atoms with Crippen molar-refractivity contribution in [3.05, 3.63) is 21.9 Å². The average molecular weight is 326 g/mol. The predicted octanol–water partition coefficient (Wildman–Crippen LogP) is 1.65. The first-order valence-corrected chi connectivity index (χ1v) is 5.45. The molecule has 1 saturated heterocycles. The lowest BCUT2D eigenvalue weighted by Crippen LogP contribution is -2.26. The molecule has 0 spiro atoms. The van der Waals surface area contributed by atoms with Crippen molar-refractivity contribution >= 4 is 40.8 Å². The Kier molecular flexibility index (Phi) is 4.40. The first-order valence-electron chi connectivity index (χ1n) is 4.38. The molecule has 1 aromatic heterocycles. The first-order chi connectivity index (χ1) is 6.25. The van der Waals surface area contributed by atoms with Crippen LogP contribution < -0.4 is 10.6 Å². The molecule has 0 amide bonds. The molecule has 1 fully saturated rings. The van der Waals surface area contributed by atoms with Crippen molar-refractivity contribution in [3.63, 3.8) is 0 Å². The summed E-state index contributed by atoms with van der Waals surface area (Å²) in [5, 5.41) is 0. The lowest BCUT2D eigenvalue weighted by Gasteiger charge is -2.16. The fourth-order valence-electron chi connectivity index (χ4n) is 1.55. The summed E-state index contributed by atoms with van der Waals surface area (Å²) >= 11 is 2.26. The Bertz CT molecular complexity index is 291. The van der Waals surface area contributed by atoms with Crippen molar-refractivity contribution < 1.29 is 0 Å². The van der Waals surface area contributed by atoms with Gasteiger partial charge in [-0.1, -0.05) is 0 Å². The topological polar surface area (TPSA) is 42.1 Å². The van der Waals surface area contributed by atoms with Gasteiger partial charge in [0.2, 0.25) is 0 Å². The summed E-state index contributed by atoms with van der Waals surface area (Å²) < 4.78 is 1.17. The predicted molar refractivity (Wildman–Crippen MR) is 69.0 cm³/mol. The molecule has 0 bridgehead atoms. The van der Waals surface area contributed by atoms with Crippen molar-refractivity contribution in [1.82, 2.24) is 4.98 Å². The summed E-state index contributed by atoms with van der Waals surface area (Å²) in [7, 11) is 0. The summed E-state index contributed by atoms with van der Waals surface area (Å²) in [4.78, 5) is 6.59. The van der Waals surface area contributed by atoms with Crippen LogP contribution in [0.3, 0.4) is 0 Å². The lowest BCUT2D eigenvalue weighted by molar-refractivity contribution is 0.751. The van der Waals surface area contributed by atoms with E-state index in [-0.39, 0.29) is 12.4 Å². The molecule has 5 heteroatoms. The van der Waals surface area contributed by atoms with Crippen molar-refractivity contribution in [2.75, 3.05) is 18.0 Å². The number of nitrogens with two attached hydrogens (primary N) is 1. The molecule has 0 aromatic carbocycles. The van der Waals surface area contributed by atoms with E-state index in [1.165, 1.54) is 3.57 Å². The van der Waals surface area contributed by atoms with Crippen LogP contribution in [0.1, 0.15) is 6.42 Å². The molecular formula is C9H13ClIN3. The number of nitrogens with zero attached hydrogens (tertiary/aromatic N) is 2. The van der Waals surface area contributed by atoms with Gasteiger partial charge in [0.25, 0.3) is 0 Å². The second-order valence-corrected chi connectivity index (χ2v) is 4.58. The van der Waals surface area contributed by atoms with Gasteiger partial charge in [-0.2, -0.15) is 0 Å². The van der Waals surface area contributed by atoms with Crippen LogP contribution in [0.5, 0.6) is 0 Å². The zero-order valence-corrected chi connectivity index (χ0v) is 10.7. The fourth-order valence-corrected chi connectivity index (χ4v) is 1.87. The van der Waals surface area contributed by atoms with Gasteiger partial charge < -0.3 is 10.6 Å². The average Bonchev–Trinajstić information content (AvgIpc) is 2.53. The van der Waals surface area contributed by atoms with Gasteiger partial charge in [-0.05, 0) is 41.1 Å². The molecule has 1 aliphatic rings. The molecule has 2 rings (SSSR count). The molecular weight excluding hydrogens is 312 g/mol. The monoisotopic (exact) mass is 325 g/mol. The highest BCUT2D eigenvalue weighted by Gasteiger charge is 2.19. The SMILES string of the molecule is Cl.N[C@H]1CCN(c2ccc(I)cn2)C1. The third-order valence-electron chi connectivity index (χ3n) is 2.26. The Morgan fingerprint density at radius 2 is 2.29 bits per heavy atom. The van der Waals surface area contributed by atoms with E-state index < -0.39 is 0 Å². The fraction of sp³-hybridized carbons (Fsp3) is 0.444.